The fourth-order valence-corrected chi connectivity index (χ4v) is 2.09. The molecule has 0 aromatic heterocycles. The summed E-state index contributed by atoms with van der Waals surface area (Å²) in [5.74, 6) is 0. The van der Waals surface area contributed by atoms with Crippen LogP contribution in [-0.4, -0.2) is 18.1 Å². The molecular formula is C21H36N2O. The Morgan fingerprint density at radius 1 is 1.21 bits per heavy atom. The van der Waals surface area contributed by atoms with Gasteiger partial charge in [0.05, 0.1) is 0 Å². The fourth-order valence-electron chi connectivity index (χ4n) is 2.09. The highest BCUT2D eigenvalue weighted by molar-refractivity contribution is 5.74. The molecule has 0 spiro atoms. The van der Waals surface area contributed by atoms with Gasteiger partial charge in [0.15, 0.2) is 0 Å². The van der Waals surface area contributed by atoms with Crippen molar-refractivity contribution in [2.45, 2.75) is 72.3 Å². The van der Waals surface area contributed by atoms with Gasteiger partial charge in [-0.05, 0) is 46.1 Å². The Labute approximate surface area is 149 Å². The van der Waals surface area contributed by atoms with E-state index in [0.29, 0.717) is 0 Å². The van der Waals surface area contributed by atoms with Crippen LogP contribution in [0, 0.1) is 12.8 Å². The predicted octanol–water partition coefficient (Wildman–Crippen LogP) is 5.36. The van der Waals surface area contributed by atoms with Crippen molar-refractivity contribution in [1.29, 1.82) is 0 Å². The third kappa shape index (κ3) is 13.7. The van der Waals surface area contributed by atoms with E-state index in [1.807, 2.05) is 39.8 Å². The van der Waals surface area contributed by atoms with E-state index in [2.05, 4.69) is 43.1 Å². The van der Waals surface area contributed by atoms with Gasteiger partial charge in [0.25, 0.3) is 0 Å². The van der Waals surface area contributed by atoms with Crippen molar-refractivity contribution in [2.24, 2.45) is 0 Å². The molecule has 0 aliphatic carbocycles. The van der Waals surface area contributed by atoms with Crippen LogP contribution in [0.4, 0.5) is 4.79 Å². The van der Waals surface area contributed by atoms with Crippen LogP contribution in [0.15, 0.2) is 36.0 Å². The molecule has 0 bridgehead atoms. The highest BCUT2D eigenvalue weighted by atomic mass is 16.2. The van der Waals surface area contributed by atoms with Crippen molar-refractivity contribution < 1.29 is 4.79 Å². The van der Waals surface area contributed by atoms with Crippen molar-refractivity contribution in [3.63, 3.8) is 0 Å². The number of allylic oxidation sites excluding steroid dienone is 4. The summed E-state index contributed by atoms with van der Waals surface area (Å²) in [5, 5.41) is 5.97. The third-order valence-corrected chi connectivity index (χ3v) is 3.44. The summed E-state index contributed by atoms with van der Waals surface area (Å²) in [5.41, 5.74) is 1.88. The van der Waals surface area contributed by atoms with Crippen molar-refractivity contribution in [1.82, 2.24) is 10.6 Å². The van der Waals surface area contributed by atoms with Gasteiger partial charge >= 0.3 is 6.03 Å². The smallest absolute Gasteiger partial charge is 0.315 e. The highest BCUT2D eigenvalue weighted by Gasteiger charge is 2.18. The molecule has 0 aliphatic rings. The molecule has 0 aliphatic heterocycles. The average Bonchev–Trinajstić information content (AvgIpc) is 2.52. The van der Waals surface area contributed by atoms with E-state index in [-0.39, 0.29) is 11.6 Å². The lowest BCUT2D eigenvalue weighted by Gasteiger charge is -2.25. The van der Waals surface area contributed by atoms with Crippen LogP contribution in [0.5, 0.6) is 0 Å². The molecule has 3 nitrogen and oxygen atoms in total. The molecule has 0 heterocycles. The average molecular weight is 333 g/mol. The standard InChI is InChI=1S/C19H34N2O.C2H2/c1-7-9-10-11-15-20-18(22)21-19(5,6)14-13-17(12-8-2)16(3)4;1-2/h8,12-13H,3,7,9-11,14-15H2,1-2,4-6H3,(H2,20,21,22);1-2H/b12-8-,17-13+;. The van der Waals surface area contributed by atoms with Crippen LogP contribution >= 0.6 is 0 Å². The number of hydrogen-bond donors (Lipinski definition) is 2. The second-order valence-electron chi connectivity index (χ2n) is 6.47. The molecule has 0 saturated carbocycles. The molecule has 0 unspecified atom stereocenters. The van der Waals surface area contributed by atoms with E-state index in [1.54, 1.807) is 0 Å². The van der Waals surface area contributed by atoms with E-state index in [9.17, 15) is 4.79 Å². The Morgan fingerprint density at radius 2 is 1.83 bits per heavy atom. The van der Waals surface area contributed by atoms with Gasteiger partial charge < -0.3 is 10.6 Å². The van der Waals surface area contributed by atoms with E-state index in [4.69, 9.17) is 0 Å². The molecule has 0 radical (unpaired) electrons. The largest absolute Gasteiger partial charge is 0.338 e. The lowest BCUT2D eigenvalue weighted by Crippen LogP contribution is -2.48. The Bertz CT molecular complexity index is 442. The van der Waals surface area contributed by atoms with E-state index in [1.165, 1.54) is 19.3 Å². The van der Waals surface area contributed by atoms with Gasteiger partial charge in [-0.3, -0.25) is 0 Å². The summed E-state index contributed by atoms with van der Waals surface area (Å²) in [6, 6.07) is -0.0854. The molecule has 0 saturated heterocycles. The van der Waals surface area contributed by atoms with Gasteiger partial charge in [0.2, 0.25) is 0 Å². The molecular weight excluding hydrogens is 296 g/mol. The second-order valence-corrected chi connectivity index (χ2v) is 6.47. The number of hydrogen-bond acceptors (Lipinski definition) is 1. The number of rotatable bonds is 10. The maximum atomic E-state index is 11.9. The van der Waals surface area contributed by atoms with E-state index in [0.717, 1.165) is 30.5 Å². The van der Waals surface area contributed by atoms with Crippen LogP contribution < -0.4 is 10.6 Å². The molecule has 0 aromatic carbocycles. The van der Waals surface area contributed by atoms with Crippen LogP contribution in [0.1, 0.15) is 66.7 Å². The van der Waals surface area contributed by atoms with Crippen molar-refractivity contribution in [3.8, 4) is 12.8 Å². The van der Waals surface area contributed by atoms with Gasteiger partial charge in [-0.1, -0.05) is 56.6 Å². The summed E-state index contributed by atoms with van der Waals surface area (Å²) in [6.45, 7) is 15.0. The fraction of sp³-hybridized carbons (Fsp3) is 0.571. The molecule has 2 N–H and O–H groups in total. The highest BCUT2D eigenvalue weighted by Crippen LogP contribution is 2.15. The van der Waals surface area contributed by atoms with Gasteiger partial charge in [-0.25, -0.2) is 4.79 Å². The maximum absolute atomic E-state index is 11.9. The number of carbonyl (C=O) groups excluding carboxylic acids is 1. The SMILES string of the molecule is C#C.C=C(C)C(/C=C\C)=C/CC(C)(C)NC(=O)NCCCCCC. The summed E-state index contributed by atoms with van der Waals surface area (Å²) in [7, 11) is 0. The topological polar surface area (TPSA) is 41.1 Å². The van der Waals surface area contributed by atoms with Gasteiger partial charge in [-0.2, -0.15) is 0 Å². The number of carbonyl (C=O) groups is 1. The Morgan fingerprint density at radius 3 is 2.33 bits per heavy atom. The Balaban J connectivity index is 0. The monoisotopic (exact) mass is 332 g/mol. The number of terminal acetylenes is 1. The molecule has 24 heavy (non-hydrogen) atoms. The predicted molar refractivity (Wildman–Crippen MR) is 107 cm³/mol. The molecule has 0 fully saturated rings. The van der Waals surface area contributed by atoms with Crippen molar-refractivity contribution in [2.75, 3.05) is 6.54 Å². The molecule has 0 atom stereocenters. The number of nitrogens with one attached hydrogen (secondary N) is 2. The molecule has 136 valence electrons. The van der Waals surface area contributed by atoms with Gasteiger partial charge in [0.1, 0.15) is 0 Å². The zero-order chi connectivity index (χ0) is 19.0. The normalized spacial score (nSPS) is 11.5. The summed E-state index contributed by atoms with van der Waals surface area (Å²) in [4.78, 5) is 11.9. The Hall–Kier alpha value is -1.95. The lowest BCUT2D eigenvalue weighted by atomic mass is 9.97. The zero-order valence-electron chi connectivity index (χ0n) is 16.2. The van der Waals surface area contributed by atoms with Crippen LogP contribution in [0.25, 0.3) is 0 Å². The first-order valence-corrected chi connectivity index (χ1v) is 8.70. The molecule has 0 rings (SSSR count). The minimum atomic E-state index is -0.282. The first-order chi connectivity index (χ1) is 11.3. The summed E-state index contributed by atoms with van der Waals surface area (Å²) in [6.07, 6.45) is 19.6. The Kier molecular flexibility index (Phi) is 14.8. The van der Waals surface area contributed by atoms with E-state index >= 15 is 0 Å². The van der Waals surface area contributed by atoms with Gasteiger partial charge in [0, 0.05) is 12.1 Å². The molecule has 0 aromatic rings. The minimum absolute atomic E-state index is 0.0854. The first-order valence-electron chi connectivity index (χ1n) is 8.70. The third-order valence-electron chi connectivity index (χ3n) is 3.44. The van der Waals surface area contributed by atoms with Gasteiger partial charge in [-0.15, -0.1) is 12.8 Å². The number of amides is 2. The minimum Gasteiger partial charge on any atom is -0.338 e. The summed E-state index contributed by atoms with van der Waals surface area (Å²) < 4.78 is 0. The molecule has 2 amide bonds. The van der Waals surface area contributed by atoms with E-state index < -0.39 is 0 Å². The zero-order valence-corrected chi connectivity index (χ0v) is 16.2. The van der Waals surface area contributed by atoms with Crippen LogP contribution in [-0.2, 0) is 0 Å². The van der Waals surface area contributed by atoms with Crippen molar-refractivity contribution in [3.05, 3.63) is 36.0 Å². The lowest BCUT2D eigenvalue weighted by molar-refractivity contribution is 0.230. The quantitative estimate of drug-likeness (QED) is 0.315. The van der Waals surface area contributed by atoms with Crippen LogP contribution in [0.3, 0.4) is 0 Å². The number of urea groups is 1. The number of unbranched alkanes of at least 4 members (excludes halogenated alkanes) is 3. The molecule has 3 heteroatoms. The maximum Gasteiger partial charge on any atom is 0.315 e. The second kappa shape index (κ2) is 14.6. The summed E-state index contributed by atoms with van der Waals surface area (Å²) >= 11 is 0. The first kappa shape index (κ1) is 24.3. The van der Waals surface area contributed by atoms with Crippen LogP contribution in [0.2, 0.25) is 0 Å². The van der Waals surface area contributed by atoms with Crippen molar-refractivity contribution >= 4 is 6.03 Å².